The van der Waals surface area contributed by atoms with E-state index in [1.165, 1.54) is 18.2 Å². The second-order valence-electron chi connectivity index (χ2n) is 4.36. The van der Waals surface area contributed by atoms with Crippen LogP contribution in [0.25, 0.3) is 6.08 Å². The van der Waals surface area contributed by atoms with Crippen LogP contribution in [0.4, 0.5) is 0 Å². The van der Waals surface area contributed by atoms with E-state index >= 15 is 0 Å². The number of ketones is 1. The van der Waals surface area contributed by atoms with E-state index in [9.17, 15) is 9.90 Å². The Morgan fingerprint density at radius 3 is 2.48 bits per heavy atom. The molecule has 0 fully saturated rings. The topological polar surface area (TPSA) is 55.8 Å². The maximum atomic E-state index is 12.0. The molecule has 2 aromatic rings. The van der Waals surface area contributed by atoms with E-state index in [-0.39, 0.29) is 11.5 Å². The molecule has 108 valence electrons. The van der Waals surface area contributed by atoms with Crippen LogP contribution in [-0.2, 0) is 0 Å². The summed E-state index contributed by atoms with van der Waals surface area (Å²) in [5, 5.41) is 9.37. The van der Waals surface area contributed by atoms with Crippen molar-refractivity contribution in [1.82, 2.24) is 0 Å². The van der Waals surface area contributed by atoms with Crippen LogP contribution in [0, 0.1) is 0 Å². The minimum Gasteiger partial charge on any atom is -0.508 e. The smallest absolute Gasteiger partial charge is 0.185 e. The summed E-state index contributed by atoms with van der Waals surface area (Å²) in [6.07, 6.45) is 3.14. The number of allylic oxidation sites excluding steroid dienone is 1. The number of carbonyl (C=O) groups excluding carboxylic acids is 1. The molecule has 0 aromatic heterocycles. The molecule has 2 rings (SSSR count). The number of phenolic OH excluding ortho intramolecular Hbond substituents is 1. The summed E-state index contributed by atoms with van der Waals surface area (Å²) < 4.78 is 10.4. The number of benzene rings is 2. The van der Waals surface area contributed by atoms with Gasteiger partial charge in [-0.25, -0.2) is 0 Å². The summed E-state index contributed by atoms with van der Waals surface area (Å²) in [6.45, 7) is 0. The third-order valence-corrected chi connectivity index (χ3v) is 2.97. The van der Waals surface area contributed by atoms with E-state index < -0.39 is 0 Å². The number of rotatable bonds is 5. The Morgan fingerprint density at radius 1 is 1.05 bits per heavy atom. The predicted molar refractivity (Wildman–Crippen MR) is 81.0 cm³/mol. The lowest BCUT2D eigenvalue weighted by molar-refractivity contribution is 0.104. The zero-order valence-electron chi connectivity index (χ0n) is 11.9. The first kappa shape index (κ1) is 14.7. The van der Waals surface area contributed by atoms with E-state index in [0.29, 0.717) is 17.1 Å². The van der Waals surface area contributed by atoms with Gasteiger partial charge >= 0.3 is 0 Å². The average Bonchev–Trinajstić information content (AvgIpc) is 2.52. The predicted octanol–water partition coefficient (Wildman–Crippen LogP) is 3.31. The normalized spacial score (nSPS) is 10.6. The van der Waals surface area contributed by atoms with Gasteiger partial charge in [-0.1, -0.05) is 24.3 Å². The van der Waals surface area contributed by atoms with Crippen LogP contribution in [0.3, 0.4) is 0 Å². The zero-order chi connectivity index (χ0) is 15.2. The van der Waals surface area contributed by atoms with Crippen molar-refractivity contribution in [3.63, 3.8) is 0 Å². The highest BCUT2D eigenvalue weighted by molar-refractivity contribution is 6.07. The number of methoxy groups -OCH3 is 2. The molecule has 0 aliphatic carbocycles. The molecule has 0 saturated heterocycles. The van der Waals surface area contributed by atoms with Crippen LogP contribution >= 0.6 is 0 Å². The lowest BCUT2D eigenvalue weighted by Crippen LogP contribution is -1.93. The summed E-state index contributed by atoms with van der Waals surface area (Å²) in [6, 6.07) is 11.6. The van der Waals surface area contributed by atoms with Crippen molar-refractivity contribution >= 4 is 11.9 Å². The fourth-order valence-electron chi connectivity index (χ4n) is 1.88. The van der Waals surface area contributed by atoms with Gasteiger partial charge in [0.15, 0.2) is 17.3 Å². The zero-order valence-corrected chi connectivity index (χ0v) is 11.9. The van der Waals surface area contributed by atoms with Crippen molar-refractivity contribution in [3.8, 4) is 17.2 Å². The molecule has 0 amide bonds. The number of hydrogen-bond donors (Lipinski definition) is 1. The fourth-order valence-corrected chi connectivity index (χ4v) is 1.88. The maximum Gasteiger partial charge on any atom is 0.185 e. The Morgan fingerprint density at radius 2 is 1.81 bits per heavy atom. The van der Waals surface area contributed by atoms with E-state index in [2.05, 4.69) is 0 Å². The molecule has 2 aromatic carbocycles. The van der Waals surface area contributed by atoms with Gasteiger partial charge in [0.1, 0.15) is 5.75 Å². The van der Waals surface area contributed by atoms with E-state index in [1.807, 2.05) is 6.07 Å². The first-order valence-corrected chi connectivity index (χ1v) is 6.37. The van der Waals surface area contributed by atoms with Crippen LogP contribution in [0.2, 0.25) is 0 Å². The number of aromatic hydroxyl groups is 1. The second kappa shape index (κ2) is 6.61. The Labute approximate surface area is 123 Å². The molecule has 0 aliphatic rings. The van der Waals surface area contributed by atoms with Crippen LogP contribution in [0.5, 0.6) is 17.2 Å². The van der Waals surface area contributed by atoms with Gasteiger partial charge in [-0.3, -0.25) is 4.79 Å². The molecule has 21 heavy (non-hydrogen) atoms. The lowest BCUT2D eigenvalue weighted by atomic mass is 10.1. The second-order valence-corrected chi connectivity index (χ2v) is 4.36. The highest BCUT2D eigenvalue weighted by Gasteiger charge is 2.05. The summed E-state index contributed by atoms with van der Waals surface area (Å²) >= 11 is 0. The van der Waals surface area contributed by atoms with Crippen LogP contribution < -0.4 is 9.47 Å². The molecule has 0 heterocycles. The largest absolute Gasteiger partial charge is 0.508 e. The maximum absolute atomic E-state index is 12.0. The number of ether oxygens (including phenoxy) is 2. The van der Waals surface area contributed by atoms with Gasteiger partial charge in [-0.05, 0) is 35.9 Å². The molecular weight excluding hydrogens is 268 g/mol. The molecule has 0 spiro atoms. The Balaban J connectivity index is 2.19. The average molecular weight is 284 g/mol. The molecule has 0 radical (unpaired) electrons. The third kappa shape index (κ3) is 3.63. The third-order valence-electron chi connectivity index (χ3n) is 2.97. The van der Waals surface area contributed by atoms with Gasteiger partial charge in [-0.15, -0.1) is 0 Å². The van der Waals surface area contributed by atoms with Gasteiger partial charge in [0.05, 0.1) is 14.2 Å². The summed E-state index contributed by atoms with van der Waals surface area (Å²) in [4.78, 5) is 12.0. The molecule has 4 heteroatoms. The summed E-state index contributed by atoms with van der Waals surface area (Å²) in [5.74, 6) is 1.12. The quantitative estimate of drug-likeness (QED) is 0.676. The molecule has 0 aliphatic heterocycles. The molecule has 4 nitrogen and oxygen atoms in total. The van der Waals surface area contributed by atoms with Gasteiger partial charge in [0.25, 0.3) is 0 Å². The Hall–Kier alpha value is -2.75. The van der Waals surface area contributed by atoms with Crippen molar-refractivity contribution < 1.29 is 19.4 Å². The van der Waals surface area contributed by atoms with Crippen molar-refractivity contribution in [3.05, 3.63) is 59.7 Å². The van der Waals surface area contributed by atoms with Crippen LogP contribution in [0.1, 0.15) is 15.9 Å². The monoisotopic (exact) mass is 284 g/mol. The fraction of sp³-hybridized carbons (Fsp3) is 0.118. The number of carbonyl (C=O) groups is 1. The summed E-state index contributed by atoms with van der Waals surface area (Å²) in [5.41, 5.74) is 1.26. The van der Waals surface area contributed by atoms with Crippen molar-refractivity contribution in [2.45, 2.75) is 0 Å². The number of phenols is 1. The lowest BCUT2D eigenvalue weighted by Gasteiger charge is -2.07. The molecular formula is C17H16O4. The highest BCUT2D eigenvalue weighted by Crippen LogP contribution is 2.28. The van der Waals surface area contributed by atoms with Crippen LogP contribution in [0.15, 0.2) is 48.5 Å². The van der Waals surface area contributed by atoms with E-state index in [4.69, 9.17) is 9.47 Å². The number of hydrogen-bond acceptors (Lipinski definition) is 4. The van der Waals surface area contributed by atoms with Crippen molar-refractivity contribution in [1.29, 1.82) is 0 Å². The van der Waals surface area contributed by atoms with Gasteiger partial charge in [0, 0.05) is 5.56 Å². The van der Waals surface area contributed by atoms with Gasteiger partial charge in [-0.2, -0.15) is 0 Å². The van der Waals surface area contributed by atoms with Gasteiger partial charge in [0.2, 0.25) is 0 Å². The first-order chi connectivity index (χ1) is 10.1. The molecule has 0 saturated carbocycles. The minimum atomic E-state index is -0.180. The van der Waals surface area contributed by atoms with E-state index in [1.54, 1.807) is 44.6 Å². The minimum absolute atomic E-state index is 0.0698. The van der Waals surface area contributed by atoms with Crippen LogP contribution in [-0.4, -0.2) is 25.1 Å². The molecule has 0 atom stereocenters. The first-order valence-electron chi connectivity index (χ1n) is 6.37. The SMILES string of the molecule is COc1ccc(/C=C\C(=O)c2cccc(O)c2)cc1OC. The van der Waals surface area contributed by atoms with E-state index in [0.717, 1.165) is 5.56 Å². The molecule has 0 unspecified atom stereocenters. The van der Waals surface area contributed by atoms with Crippen molar-refractivity contribution in [2.75, 3.05) is 14.2 Å². The standard InChI is InChI=1S/C17H16O4/c1-20-16-9-7-12(10-17(16)21-2)6-8-15(19)13-4-3-5-14(18)11-13/h3-11,18H,1-2H3/b8-6-. The molecule has 1 N–H and O–H groups in total. The highest BCUT2D eigenvalue weighted by atomic mass is 16.5. The molecule has 0 bridgehead atoms. The van der Waals surface area contributed by atoms with Gasteiger partial charge < -0.3 is 14.6 Å². The van der Waals surface area contributed by atoms with Crippen molar-refractivity contribution in [2.24, 2.45) is 0 Å². The summed E-state index contributed by atoms with van der Waals surface area (Å²) in [7, 11) is 3.13. The Bertz CT molecular complexity index is 674. The Kier molecular flexibility index (Phi) is 4.61.